The minimum Gasteiger partial charge on any atom is -0.394 e. The quantitative estimate of drug-likeness (QED) is 0.460. The van der Waals surface area contributed by atoms with Gasteiger partial charge in [-0.15, -0.1) is 0 Å². The second-order valence-electron chi connectivity index (χ2n) is 3.58. The average Bonchev–Trinajstić information content (AvgIpc) is 2.58. The molecule has 17 heavy (non-hydrogen) atoms. The highest BCUT2D eigenvalue weighted by Gasteiger charge is 2.41. The highest BCUT2D eigenvalue weighted by atomic mass is 16.6. The van der Waals surface area contributed by atoms with E-state index >= 15 is 0 Å². The third-order valence-electron chi connectivity index (χ3n) is 2.25. The van der Waals surface area contributed by atoms with Crippen LogP contribution in [0.1, 0.15) is 5.69 Å². The molecule has 2 heterocycles. The Morgan fingerprint density at radius 3 is 2.24 bits per heavy atom. The van der Waals surface area contributed by atoms with Crippen molar-refractivity contribution in [3.8, 4) is 0 Å². The summed E-state index contributed by atoms with van der Waals surface area (Å²) in [6.07, 6.45) is -1.49. The first-order valence-electron chi connectivity index (χ1n) is 5.09. The molecule has 1 aliphatic rings. The van der Waals surface area contributed by atoms with Crippen LogP contribution in [0.3, 0.4) is 0 Å². The van der Waals surface area contributed by atoms with Crippen molar-refractivity contribution >= 4 is 0 Å². The molecule has 0 radical (unpaired) electrons. The molecule has 7 heteroatoms. The van der Waals surface area contributed by atoms with E-state index in [1.54, 1.807) is 6.20 Å². The first-order chi connectivity index (χ1) is 8.06. The normalized spacial score (nSPS) is 31.8. The summed E-state index contributed by atoms with van der Waals surface area (Å²) in [6, 6.07) is 1.86. The van der Waals surface area contributed by atoms with Gasteiger partial charge < -0.3 is 25.2 Å². The van der Waals surface area contributed by atoms with Crippen molar-refractivity contribution in [1.82, 2.24) is 9.97 Å². The van der Waals surface area contributed by atoms with E-state index in [1.165, 1.54) is 6.33 Å². The summed E-state index contributed by atoms with van der Waals surface area (Å²) in [4.78, 5) is 7.60. The molecule has 0 saturated carbocycles. The zero-order valence-corrected chi connectivity index (χ0v) is 9.34. The first kappa shape index (κ1) is 13.9. The number of hydrogen-bond acceptors (Lipinski definition) is 7. The Morgan fingerprint density at radius 2 is 2.00 bits per heavy atom. The van der Waals surface area contributed by atoms with Gasteiger partial charge in [-0.05, 0) is 13.0 Å². The number of hydrogen-bond donors (Lipinski definition) is 4. The topological polar surface area (TPSA) is 116 Å². The molecular formula is C10H16N2O5. The predicted molar refractivity (Wildman–Crippen MR) is 56.7 cm³/mol. The summed E-state index contributed by atoms with van der Waals surface area (Å²) in [7, 11) is 0. The second-order valence-corrected chi connectivity index (χ2v) is 3.58. The molecule has 1 aliphatic heterocycles. The van der Waals surface area contributed by atoms with Crippen LogP contribution in [0, 0.1) is 6.92 Å². The van der Waals surface area contributed by atoms with E-state index in [2.05, 4.69) is 14.7 Å². The van der Waals surface area contributed by atoms with Gasteiger partial charge in [0.15, 0.2) is 6.29 Å². The van der Waals surface area contributed by atoms with Gasteiger partial charge in [0.1, 0.15) is 24.6 Å². The molecule has 0 amide bonds. The molecule has 96 valence electrons. The maximum absolute atomic E-state index is 8.93. The minimum atomic E-state index is -1.38. The van der Waals surface area contributed by atoms with Gasteiger partial charge in [-0.2, -0.15) is 0 Å². The molecule has 0 spiro atoms. The lowest BCUT2D eigenvalue weighted by molar-refractivity contribution is -0.132. The van der Waals surface area contributed by atoms with Crippen LogP contribution in [0.25, 0.3) is 0 Å². The smallest absolute Gasteiger partial charge is 0.184 e. The van der Waals surface area contributed by atoms with E-state index in [0.717, 1.165) is 5.69 Å². The predicted octanol–water partition coefficient (Wildman–Crippen LogP) is -1.80. The van der Waals surface area contributed by atoms with Crippen LogP contribution in [0.5, 0.6) is 0 Å². The highest BCUT2D eigenvalue weighted by Crippen LogP contribution is 2.18. The molecule has 1 saturated heterocycles. The lowest BCUT2D eigenvalue weighted by Crippen LogP contribution is -2.33. The van der Waals surface area contributed by atoms with Crippen LogP contribution in [0.2, 0.25) is 0 Å². The monoisotopic (exact) mass is 244 g/mol. The van der Waals surface area contributed by atoms with Crippen molar-refractivity contribution < 1.29 is 25.2 Å². The Kier molecular flexibility index (Phi) is 5.39. The summed E-state index contributed by atoms with van der Waals surface area (Å²) in [5.41, 5.74) is 1.01. The second kappa shape index (κ2) is 6.58. The average molecular weight is 244 g/mol. The minimum absolute atomic E-state index is 0.407. The summed E-state index contributed by atoms with van der Waals surface area (Å²) in [5.74, 6) is 0. The summed E-state index contributed by atoms with van der Waals surface area (Å²) in [5, 5.41) is 35.0. The van der Waals surface area contributed by atoms with Crippen molar-refractivity contribution in [2.24, 2.45) is 0 Å². The zero-order valence-electron chi connectivity index (χ0n) is 9.34. The van der Waals surface area contributed by atoms with Crippen LogP contribution in [-0.4, -0.2) is 61.6 Å². The molecule has 0 bridgehead atoms. The van der Waals surface area contributed by atoms with Gasteiger partial charge in [-0.3, -0.25) is 0 Å². The van der Waals surface area contributed by atoms with E-state index in [1.807, 2.05) is 13.0 Å². The Morgan fingerprint density at radius 1 is 1.29 bits per heavy atom. The van der Waals surface area contributed by atoms with Gasteiger partial charge in [0.25, 0.3) is 0 Å². The zero-order chi connectivity index (χ0) is 12.8. The van der Waals surface area contributed by atoms with Gasteiger partial charge in [0.2, 0.25) is 0 Å². The lowest BCUT2D eigenvalue weighted by Gasteiger charge is -2.09. The van der Waals surface area contributed by atoms with Crippen LogP contribution in [-0.2, 0) is 4.74 Å². The van der Waals surface area contributed by atoms with Gasteiger partial charge in [-0.25, -0.2) is 9.97 Å². The van der Waals surface area contributed by atoms with Crippen molar-refractivity contribution in [3.05, 3.63) is 24.3 Å². The number of nitrogens with zero attached hydrogens (tertiary/aromatic N) is 2. The molecule has 1 fully saturated rings. The molecule has 1 unspecified atom stereocenters. The fourth-order valence-electron chi connectivity index (χ4n) is 1.24. The molecule has 4 atom stereocenters. The number of aromatic nitrogens is 2. The summed E-state index contributed by atoms with van der Waals surface area (Å²) < 4.78 is 4.54. The Labute approximate surface area is 98.4 Å². The SMILES string of the molecule is Cc1ccncn1.OC[C@H]1OC(O)[C@H](O)[C@@H]1O. The molecule has 0 aliphatic carbocycles. The highest BCUT2D eigenvalue weighted by molar-refractivity contribution is 4.92. The number of aryl methyl sites for hydroxylation is 1. The van der Waals surface area contributed by atoms with Crippen molar-refractivity contribution in [3.63, 3.8) is 0 Å². The molecule has 7 nitrogen and oxygen atoms in total. The number of aliphatic hydroxyl groups is 4. The standard InChI is InChI=1S/C5H6N2.C5H10O5/c1-5-2-3-6-4-7-5;6-1-2-3(7)4(8)5(9)10-2/h2-4H,1H3;2-9H,1H2/t;2-,3-,4-,5?/m.1/s1. The van der Waals surface area contributed by atoms with Crippen LogP contribution in [0.15, 0.2) is 18.6 Å². The summed E-state index contributed by atoms with van der Waals surface area (Å²) in [6.45, 7) is 1.52. The maximum atomic E-state index is 8.93. The molecular weight excluding hydrogens is 228 g/mol. The van der Waals surface area contributed by atoms with E-state index in [0.29, 0.717) is 0 Å². The lowest BCUT2D eigenvalue weighted by atomic mass is 10.1. The van der Waals surface area contributed by atoms with E-state index in [9.17, 15) is 0 Å². The van der Waals surface area contributed by atoms with Crippen LogP contribution >= 0.6 is 0 Å². The van der Waals surface area contributed by atoms with Gasteiger partial charge in [0, 0.05) is 11.9 Å². The Balaban J connectivity index is 0.000000181. The third kappa shape index (κ3) is 3.99. The largest absolute Gasteiger partial charge is 0.394 e. The number of ether oxygens (including phenoxy) is 1. The van der Waals surface area contributed by atoms with Gasteiger partial charge >= 0.3 is 0 Å². The number of rotatable bonds is 1. The maximum Gasteiger partial charge on any atom is 0.184 e. The van der Waals surface area contributed by atoms with E-state index < -0.39 is 31.2 Å². The number of aliphatic hydroxyl groups excluding tert-OH is 4. The molecule has 1 aromatic rings. The molecule has 0 aromatic carbocycles. The van der Waals surface area contributed by atoms with Crippen LogP contribution < -0.4 is 0 Å². The third-order valence-corrected chi connectivity index (χ3v) is 2.25. The van der Waals surface area contributed by atoms with Gasteiger partial charge in [0.05, 0.1) is 6.61 Å². The van der Waals surface area contributed by atoms with Crippen molar-refractivity contribution in [1.29, 1.82) is 0 Å². The Hall–Kier alpha value is -1.12. The molecule has 4 N–H and O–H groups in total. The molecule has 2 rings (SSSR count). The van der Waals surface area contributed by atoms with Crippen molar-refractivity contribution in [2.45, 2.75) is 31.5 Å². The Bertz CT molecular complexity index is 324. The van der Waals surface area contributed by atoms with E-state index in [-0.39, 0.29) is 0 Å². The fraction of sp³-hybridized carbons (Fsp3) is 0.600. The fourth-order valence-corrected chi connectivity index (χ4v) is 1.24. The van der Waals surface area contributed by atoms with E-state index in [4.69, 9.17) is 20.4 Å². The summed E-state index contributed by atoms with van der Waals surface area (Å²) >= 11 is 0. The molecule has 1 aromatic heterocycles. The first-order valence-corrected chi connectivity index (χ1v) is 5.09. The van der Waals surface area contributed by atoms with Crippen molar-refractivity contribution in [2.75, 3.05) is 6.61 Å². The van der Waals surface area contributed by atoms with Crippen LogP contribution in [0.4, 0.5) is 0 Å². The van der Waals surface area contributed by atoms with Gasteiger partial charge in [-0.1, -0.05) is 0 Å².